The zero-order valence-electron chi connectivity index (χ0n) is 11.9. The molecule has 0 aliphatic carbocycles. The van der Waals surface area contributed by atoms with Crippen LogP contribution in [0.1, 0.15) is 10.5 Å². The van der Waals surface area contributed by atoms with Gasteiger partial charge < -0.3 is 5.32 Å². The lowest BCUT2D eigenvalue weighted by Crippen LogP contribution is -2.24. The van der Waals surface area contributed by atoms with Crippen LogP contribution in [0.25, 0.3) is 5.69 Å². The van der Waals surface area contributed by atoms with Crippen molar-refractivity contribution >= 4 is 27.5 Å². The van der Waals surface area contributed by atoms with Crippen molar-refractivity contribution in [3.63, 3.8) is 0 Å². The second-order valence-corrected chi connectivity index (χ2v) is 5.68. The van der Waals surface area contributed by atoms with Crippen LogP contribution in [0, 0.1) is 0 Å². The van der Waals surface area contributed by atoms with Gasteiger partial charge in [-0.1, -0.05) is 34.1 Å². The lowest BCUT2D eigenvalue weighted by molar-refractivity contribution is 0.102. The quantitative estimate of drug-likeness (QED) is 0.770. The highest BCUT2D eigenvalue weighted by molar-refractivity contribution is 9.10. The lowest BCUT2D eigenvalue weighted by atomic mass is 10.3. The van der Waals surface area contributed by atoms with E-state index in [1.165, 1.54) is 16.8 Å². The minimum atomic E-state index is -0.378. The molecule has 0 atom stereocenters. The summed E-state index contributed by atoms with van der Waals surface area (Å²) < 4.78 is 2.13. The maximum Gasteiger partial charge on any atom is 0.276 e. The van der Waals surface area contributed by atoms with E-state index < -0.39 is 0 Å². The highest BCUT2D eigenvalue weighted by Crippen LogP contribution is 2.14. The van der Waals surface area contributed by atoms with Gasteiger partial charge in [0.15, 0.2) is 0 Å². The highest BCUT2D eigenvalue weighted by atomic mass is 79.9. The fourth-order valence-electron chi connectivity index (χ4n) is 2.01. The van der Waals surface area contributed by atoms with Crippen LogP contribution in [0.5, 0.6) is 0 Å². The Kier molecular flexibility index (Phi) is 4.34. The van der Waals surface area contributed by atoms with Gasteiger partial charge in [-0.05, 0) is 42.5 Å². The number of carbonyl (C=O) groups is 1. The average molecular weight is 370 g/mol. The molecule has 0 unspecified atom stereocenters. The van der Waals surface area contributed by atoms with Gasteiger partial charge in [-0.3, -0.25) is 9.59 Å². The molecule has 0 bridgehead atoms. The Morgan fingerprint density at radius 1 is 0.957 bits per heavy atom. The number of amides is 1. The topological polar surface area (TPSA) is 64.0 Å². The minimum absolute atomic E-state index is 0.163. The molecule has 1 heterocycles. The molecule has 0 aliphatic rings. The number of aromatic nitrogens is 2. The zero-order valence-corrected chi connectivity index (χ0v) is 13.5. The molecule has 6 heteroatoms. The second-order valence-electron chi connectivity index (χ2n) is 4.77. The number of rotatable bonds is 3. The number of anilines is 1. The normalized spacial score (nSPS) is 10.3. The van der Waals surface area contributed by atoms with Crippen molar-refractivity contribution in [3.05, 3.63) is 87.3 Å². The number of nitrogens with one attached hydrogen (secondary N) is 1. The van der Waals surface area contributed by atoms with Gasteiger partial charge in [0.2, 0.25) is 0 Å². The first-order valence-corrected chi connectivity index (χ1v) is 7.65. The minimum Gasteiger partial charge on any atom is -0.321 e. The van der Waals surface area contributed by atoms with Gasteiger partial charge in [-0.2, -0.15) is 9.78 Å². The van der Waals surface area contributed by atoms with Crippen molar-refractivity contribution in [2.24, 2.45) is 0 Å². The summed E-state index contributed by atoms with van der Waals surface area (Å²) in [6, 6.07) is 18.9. The van der Waals surface area contributed by atoms with Crippen LogP contribution in [-0.2, 0) is 0 Å². The monoisotopic (exact) mass is 369 g/mol. The number of benzene rings is 2. The maximum atomic E-state index is 12.3. The molecule has 0 fully saturated rings. The Morgan fingerprint density at radius 3 is 2.35 bits per heavy atom. The summed E-state index contributed by atoms with van der Waals surface area (Å²) in [4.78, 5) is 24.2. The maximum absolute atomic E-state index is 12.3. The van der Waals surface area contributed by atoms with Gasteiger partial charge in [0.05, 0.1) is 5.69 Å². The van der Waals surface area contributed by atoms with Crippen molar-refractivity contribution in [2.45, 2.75) is 0 Å². The van der Waals surface area contributed by atoms with E-state index >= 15 is 0 Å². The Labute approximate surface area is 140 Å². The van der Waals surface area contributed by atoms with E-state index in [4.69, 9.17) is 0 Å². The molecule has 3 aromatic rings. The SMILES string of the molecule is O=C(Nc1ccc(Br)cc1)c1ccc(=O)n(-c2ccccc2)n1. The third-order valence-electron chi connectivity index (χ3n) is 3.14. The van der Waals surface area contributed by atoms with Crippen LogP contribution in [-0.4, -0.2) is 15.7 Å². The molecule has 23 heavy (non-hydrogen) atoms. The smallest absolute Gasteiger partial charge is 0.276 e. The zero-order chi connectivity index (χ0) is 16.2. The van der Waals surface area contributed by atoms with E-state index in [1.807, 2.05) is 18.2 Å². The second kappa shape index (κ2) is 6.58. The largest absolute Gasteiger partial charge is 0.321 e. The van der Waals surface area contributed by atoms with Crippen molar-refractivity contribution in [1.29, 1.82) is 0 Å². The fourth-order valence-corrected chi connectivity index (χ4v) is 2.28. The Hall–Kier alpha value is -2.73. The number of halogens is 1. The molecule has 0 radical (unpaired) electrons. The Balaban J connectivity index is 1.90. The molecule has 1 aromatic heterocycles. The first-order chi connectivity index (χ1) is 11.1. The summed E-state index contributed by atoms with van der Waals surface area (Å²) in [7, 11) is 0. The van der Waals surface area contributed by atoms with Crippen LogP contribution in [0.4, 0.5) is 5.69 Å². The molecule has 1 N–H and O–H groups in total. The summed E-state index contributed by atoms with van der Waals surface area (Å²) >= 11 is 3.34. The van der Waals surface area contributed by atoms with E-state index in [9.17, 15) is 9.59 Å². The summed E-state index contributed by atoms with van der Waals surface area (Å²) in [5.74, 6) is -0.378. The Morgan fingerprint density at radius 2 is 1.65 bits per heavy atom. The van der Waals surface area contributed by atoms with E-state index in [-0.39, 0.29) is 17.2 Å². The molecule has 0 aliphatic heterocycles. The van der Waals surface area contributed by atoms with Crippen molar-refractivity contribution in [1.82, 2.24) is 9.78 Å². The van der Waals surface area contributed by atoms with Gasteiger partial charge in [0, 0.05) is 16.2 Å². The molecule has 1 amide bonds. The summed E-state index contributed by atoms with van der Waals surface area (Å²) in [5.41, 5.74) is 1.13. The first-order valence-electron chi connectivity index (χ1n) is 6.86. The number of para-hydroxylation sites is 1. The van der Waals surface area contributed by atoms with Crippen LogP contribution in [0.2, 0.25) is 0 Å². The lowest BCUT2D eigenvalue weighted by Gasteiger charge is -2.08. The number of carbonyl (C=O) groups excluding carboxylic acids is 1. The number of hydrogen-bond donors (Lipinski definition) is 1. The molecule has 0 spiro atoms. The van der Waals surface area contributed by atoms with E-state index in [0.717, 1.165) is 4.47 Å². The van der Waals surface area contributed by atoms with Crippen LogP contribution in [0.15, 0.2) is 76.0 Å². The Bertz CT molecular complexity index is 890. The first kappa shape index (κ1) is 15.2. The summed E-state index contributed by atoms with van der Waals surface area (Å²) in [6.07, 6.45) is 0. The predicted octanol–water partition coefficient (Wildman–Crippen LogP) is 3.25. The molecule has 5 nitrogen and oxygen atoms in total. The standard InChI is InChI=1S/C17H12BrN3O2/c18-12-6-8-13(9-7-12)19-17(23)15-10-11-16(22)21(20-15)14-4-2-1-3-5-14/h1-11H,(H,19,23). The van der Waals surface area contributed by atoms with Gasteiger partial charge in [0.25, 0.3) is 11.5 Å². The highest BCUT2D eigenvalue weighted by Gasteiger charge is 2.11. The average Bonchev–Trinajstić information content (AvgIpc) is 2.58. The van der Waals surface area contributed by atoms with E-state index in [2.05, 4.69) is 26.3 Å². The van der Waals surface area contributed by atoms with Crippen molar-refractivity contribution in [3.8, 4) is 5.69 Å². The third-order valence-corrected chi connectivity index (χ3v) is 3.66. The fraction of sp³-hybridized carbons (Fsp3) is 0. The molecule has 0 saturated heterocycles. The molecule has 114 valence electrons. The number of nitrogens with zero attached hydrogens (tertiary/aromatic N) is 2. The molecular weight excluding hydrogens is 358 g/mol. The summed E-state index contributed by atoms with van der Waals surface area (Å²) in [6.45, 7) is 0. The summed E-state index contributed by atoms with van der Waals surface area (Å²) in [5, 5.41) is 6.88. The molecular formula is C17H12BrN3O2. The van der Waals surface area contributed by atoms with Crippen molar-refractivity contribution in [2.75, 3.05) is 5.32 Å². The van der Waals surface area contributed by atoms with E-state index in [0.29, 0.717) is 11.4 Å². The molecule has 2 aromatic carbocycles. The predicted molar refractivity (Wildman–Crippen MR) is 91.9 cm³/mol. The molecule has 3 rings (SSSR count). The number of hydrogen-bond acceptors (Lipinski definition) is 3. The van der Waals surface area contributed by atoms with Gasteiger partial charge >= 0.3 is 0 Å². The van der Waals surface area contributed by atoms with Gasteiger partial charge in [-0.25, -0.2) is 0 Å². The van der Waals surface area contributed by atoms with Gasteiger partial charge in [-0.15, -0.1) is 0 Å². The van der Waals surface area contributed by atoms with Gasteiger partial charge in [0.1, 0.15) is 5.69 Å². The van der Waals surface area contributed by atoms with Crippen molar-refractivity contribution < 1.29 is 4.79 Å². The third kappa shape index (κ3) is 3.54. The van der Waals surface area contributed by atoms with Crippen LogP contribution in [0.3, 0.4) is 0 Å². The molecule has 0 saturated carbocycles. The van der Waals surface area contributed by atoms with Crippen LogP contribution < -0.4 is 10.9 Å². The van der Waals surface area contributed by atoms with E-state index in [1.54, 1.807) is 36.4 Å². The van der Waals surface area contributed by atoms with Crippen LogP contribution >= 0.6 is 15.9 Å².